The topological polar surface area (TPSA) is 114 Å². The zero-order chi connectivity index (χ0) is 41.2. The quantitative estimate of drug-likeness (QED) is 0.0562. The van der Waals surface area contributed by atoms with Crippen LogP contribution in [0.2, 0.25) is 0 Å². The van der Waals surface area contributed by atoms with Crippen LogP contribution in [0.1, 0.15) is 165 Å². The van der Waals surface area contributed by atoms with E-state index in [9.17, 15) is 18.4 Å². The van der Waals surface area contributed by atoms with Gasteiger partial charge in [0, 0.05) is 35.3 Å². The number of ether oxygens (including phenoxy) is 2. The molecule has 0 bridgehead atoms. The fourth-order valence-electron chi connectivity index (χ4n) is 6.08. The van der Waals surface area contributed by atoms with Crippen molar-refractivity contribution in [3.63, 3.8) is 0 Å². The van der Waals surface area contributed by atoms with Gasteiger partial charge in [-0.3, -0.25) is 9.59 Å². The van der Waals surface area contributed by atoms with Gasteiger partial charge in [0.15, 0.2) is 11.1 Å². The second-order valence-corrected chi connectivity index (χ2v) is 18.3. The Morgan fingerprint density at radius 3 is 1.27 bits per heavy atom. The summed E-state index contributed by atoms with van der Waals surface area (Å²) in [5.41, 5.74) is 5.20. The van der Waals surface area contributed by atoms with Crippen LogP contribution in [-0.2, 0) is 32.7 Å². The van der Waals surface area contributed by atoms with Crippen molar-refractivity contribution in [3.8, 4) is 11.5 Å². The molecule has 0 aliphatic heterocycles. The number of amides is 2. The summed E-state index contributed by atoms with van der Waals surface area (Å²) in [4.78, 5) is 26.3. The van der Waals surface area contributed by atoms with Gasteiger partial charge in [-0.25, -0.2) is 4.21 Å². The minimum atomic E-state index is -2.38. The Labute approximate surface area is 362 Å². The molecule has 0 aromatic heterocycles. The first-order valence-electron chi connectivity index (χ1n) is 20.1. The second kappa shape index (κ2) is 21.4. The summed E-state index contributed by atoms with van der Waals surface area (Å²) in [5, 5.41) is 5.74. The van der Waals surface area contributed by atoms with Crippen LogP contribution in [0, 0.1) is 0 Å². The summed E-state index contributed by atoms with van der Waals surface area (Å²) in [7, 11) is 0. The van der Waals surface area contributed by atoms with E-state index in [1.165, 1.54) is 40.5 Å². The summed E-state index contributed by atoms with van der Waals surface area (Å²) in [6, 6.07) is 17.1. The van der Waals surface area contributed by atoms with Gasteiger partial charge in [-0.2, -0.15) is 0 Å². The molecule has 2 amide bonds. The van der Waals surface area contributed by atoms with Crippen molar-refractivity contribution < 1.29 is 27.8 Å². The molecule has 3 rings (SSSR count). The van der Waals surface area contributed by atoms with Gasteiger partial charge in [0.1, 0.15) is 11.5 Å². The molecule has 0 saturated carbocycles. The van der Waals surface area contributed by atoms with Crippen LogP contribution in [0.5, 0.6) is 11.5 Å². The van der Waals surface area contributed by atoms with Crippen molar-refractivity contribution in [2.75, 3.05) is 26.3 Å². The number of hydrogen-bond donors (Lipinski definition) is 3. The Morgan fingerprint density at radius 1 is 0.589 bits per heavy atom. The summed E-state index contributed by atoms with van der Waals surface area (Å²) in [6.45, 7) is 28.2. The van der Waals surface area contributed by atoms with Gasteiger partial charge >= 0.3 is 29.6 Å². The Bertz CT molecular complexity index is 1680. The first-order valence-corrected chi connectivity index (χ1v) is 21.2. The molecule has 10 heteroatoms. The van der Waals surface area contributed by atoms with E-state index in [1.807, 2.05) is 0 Å². The fourth-order valence-corrected chi connectivity index (χ4v) is 6.53. The number of hydrogen-bond acceptors (Lipinski definition) is 5. The molecule has 0 radical (unpaired) electrons. The van der Waals surface area contributed by atoms with Gasteiger partial charge in [0.2, 0.25) is 0 Å². The molecule has 0 heterocycles. The normalized spacial score (nSPS) is 12.7. The molecule has 3 aromatic rings. The maximum absolute atomic E-state index is 13.2. The van der Waals surface area contributed by atoms with E-state index in [0.717, 1.165) is 37.2 Å². The van der Waals surface area contributed by atoms with Crippen molar-refractivity contribution in [2.45, 2.75) is 148 Å². The Kier molecular flexibility index (Phi) is 18.9. The van der Waals surface area contributed by atoms with Crippen LogP contribution in [-0.4, -0.2) is 76.4 Å². The van der Waals surface area contributed by atoms with E-state index >= 15 is 0 Å². The summed E-state index contributed by atoms with van der Waals surface area (Å²) < 4.78 is 34.4. The molecule has 3 aromatic carbocycles. The Morgan fingerprint density at radius 2 is 0.946 bits per heavy atom. The molecule has 3 N–H and O–H groups in total. The molecule has 306 valence electrons. The Hall–Kier alpha value is -2.69. The molecule has 1 unspecified atom stereocenters. The van der Waals surface area contributed by atoms with Crippen molar-refractivity contribution in [1.82, 2.24) is 10.6 Å². The predicted octanol–water partition coefficient (Wildman–Crippen LogP) is 9.77. The molecular formula is C46H69N2NaO6S. The first kappa shape index (κ1) is 49.5. The third-order valence-corrected chi connectivity index (χ3v) is 12.5. The third kappa shape index (κ3) is 13.2. The van der Waals surface area contributed by atoms with Crippen molar-refractivity contribution in [2.24, 2.45) is 0 Å². The zero-order valence-electron chi connectivity index (χ0n) is 35.7. The van der Waals surface area contributed by atoms with Gasteiger partial charge < -0.3 is 24.7 Å². The zero-order valence-corrected chi connectivity index (χ0v) is 36.5. The van der Waals surface area contributed by atoms with Crippen molar-refractivity contribution >= 4 is 52.5 Å². The van der Waals surface area contributed by atoms with E-state index < -0.39 is 22.9 Å². The van der Waals surface area contributed by atoms with Crippen LogP contribution in [0.25, 0.3) is 0 Å². The van der Waals surface area contributed by atoms with Crippen molar-refractivity contribution in [1.29, 1.82) is 0 Å². The van der Waals surface area contributed by atoms with Crippen LogP contribution in [0.4, 0.5) is 0 Å². The van der Waals surface area contributed by atoms with E-state index in [1.54, 1.807) is 0 Å². The third-order valence-electron chi connectivity index (χ3n) is 11.9. The number of nitrogens with one attached hydrogen (secondary N) is 2. The molecule has 8 nitrogen and oxygen atoms in total. The van der Waals surface area contributed by atoms with E-state index in [-0.39, 0.29) is 67.2 Å². The van der Waals surface area contributed by atoms with Crippen LogP contribution >= 0.6 is 0 Å². The molecule has 0 saturated heterocycles. The molecule has 0 aliphatic carbocycles. The van der Waals surface area contributed by atoms with Gasteiger partial charge in [-0.05, 0) is 102 Å². The van der Waals surface area contributed by atoms with Gasteiger partial charge in [0.05, 0.1) is 18.1 Å². The standard InChI is InChI=1S/C46H68N2O6S.Na.H/c1-13-43(5,6)34-19-21-39(37(30-34)45(9,10)15-3)53-25-17-23-47-41(49)32-27-33(29-36(28-32)55(51)52)42(50)48-24-18-26-54-40-22-20-35(44(7,8)14-2)31-38(40)46(11,12)16-4;;/h19-22,27-31H,13-18,23-26H2,1-12H3,(H,47,49)(H,48,50)(H,51,52);;. The molecular weight excluding hydrogens is 732 g/mol. The molecule has 0 aliphatic rings. The molecule has 0 fully saturated rings. The number of rotatable bonds is 21. The minimum absolute atomic E-state index is 0. The second-order valence-electron chi connectivity index (χ2n) is 17.3. The summed E-state index contributed by atoms with van der Waals surface area (Å²) in [6.07, 6.45) is 5.10. The average molecular weight is 801 g/mol. The van der Waals surface area contributed by atoms with E-state index in [0.29, 0.717) is 39.1 Å². The number of carbonyl (C=O) groups is 2. The molecule has 56 heavy (non-hydrogen) atoms. The maximum atomic E-state index is 13.2. The van der Waals surface area contributed by atoms with Gasteiger partial charge in [-0.15, -0.1) is 0 Å². The van der Waals surface area contributed by atoms with Crippen molar-refractivity contribution in [3.05, 3.63) is 88.0 Å². The number of benzene rings is 3. The van der Waals surface area contributed by atoms with Crippen LogP contribution in [0.15, 0.2) is 59.5 Å². The average Bonchev–Trinajstić information content (AvgIpc) is 3.16. The molecule has 0 spiro atoms. The monoisotopic (exact) mass is 800 g/mol. The van der Waals surface area contributed by atoms with E-state index in [2.05, 4.69) is 130 Å². The Balaban J connectivity index is 0.0000108. The van der Waals surface area contributed by atoms with Gasteiger partial charge in [-0.1, -0.05) is 107 Å². The number of carbonyl (C=O) groups excluding carboxylic acids is 2. The first-order chi connectivity index (χ1) is 25.7. The van der Waals surface area contributed by atoms with E-state index in [4.69, 9.17) is 9.47 Å². The predicted molar refractivity (Wildman–Crippen MR) is 234 cm³/mol. The SMILES string of the molecule is CCC(C)(C)c1ccc(OCCCNC(=O)c2cc(C(=O)NCCCOc3ccc(C(C)(C)CC)cc3C(C)(C)CC)cc(S(=O)O)c2)c(C(C)(C)CC)c1.[NaH]. The van der Waals surface area contributed by atoms with Crippen LogP contribution < -0.4 is 20.1 Å². The fraction of sp³-hybridized carbons (Fsp3) is 0.565. The summed E-state index contributed by atoms with van der Waals surface area (Å²) >= 11 is -2.38. The molecule has 1 atom stereocenters. The van der Waals surface area contributed by atoms with Gasteiger partial charge in [0.25, 0.3) is 11.8 Å². The van der Waals surface area contributed by atoms with Crippen LogP contribution in [0.3, 0.4) is 0 Å². The summed E-state index contributed by atoms with van der Waals surface area (Å²) in [5.74, 6) is 0.829.